The summed E-state index contributed by atoms with van der Waals surface area (Å²) in [5.74, 6) is -0.180. The maximum absolute atomic E-state index is 14.0. The summed E-state index contributed by atoms with van der Waals surface area (Å²) in [5.41, 5.74) is 1.25. The molecule has 0 aliphatic rings. The Morgan fingerprint density at radius 2 is 1.63 bits per heavy atom. The highest BCUT2D eigenvalue weighted by Gasteiger charge is 2.18. The lowest BCUT2D eigenvalue weighted by atomic mass is 10.2. The van der Waals surface area contributed by atoms with Crippen LogP contribution in [0.1, 0.15) is 11.4 Å². The number of carbonyl (C=O) groups is 1. The lowest BCUT2D eigenvalue weighted by molar-refractivity contribution is 0.204. The van der Waals surface area contributed by atoms with Crippen molar-refractivity contribution < 1.29 is 9.18 Å². The number of aromatic nitrogens is 2. The lowest BCUT2D eigenvalue weighted by Gasteiger charge is -2.23. The second-order valence-corrected chi connectivity index (χ2v) is 6.78. The quantitative estimate of drug-likeness (QED) is 0.523. The Kier molecular flexibility index (Phi) is 5.52. The fourth-order valence-corrected chi connectivity index (χ4v) is 3.15. The van der Waals surface area contributed by atoms with Crippen molar-refractivity contribution in [1.29, 1.82) is 0 Å². The van der Waals surface area contributed by atoms with Gasteiger partial charge in [0.15, 0.2) is 0 Å². The van der Waals surface area contributed by atoms with E-state index in [0.717, 1.165) is 5.56 Å². The van der Waals surface area contributed by atoms with Crippen LogP contribution in [0, 0.1) is 5.82 Å². The highest BCUT2D eigenvalue weighted by atomic mass is 19.1. The van der Waals surface area contributed by atoms with Crippen LogP contribution < -0.4 is 10.9 Å². The van der Waals surface area contributed by atoms with E-state index in [9.17, 15) is 14.0 Å². The van der Waals surface area contributed by atoms with Crippen LogP contribution >= 0.6 is 0 Å². The largest absolute Gasteiger partial charge is 0.322 e. The number of aromatic amines is 1. The topological polar surface area (TPSA) is 78.1 Å². The molecule has 7 heteroatoms. The molecule has 4 rings (SSSR count). The molecule has 30 heavy (non-hydrogen) atoms. The number of anilines is 1. The van der Waals surface area contributed by atoms with E-state index in [-0.39, 0.29) is 24.3 Å². The van der Waals surface area contributed by atoms with Gasteiger partial charge in [0.1, 0.15) is 11.6 Å². The number of hydrogen-bond donors (Lipinski definition) is 2. The van der Waals surface area contributed by atoms with Crippen molar-refractivity contribution in [3.63, 3.8) is 0 Å². The van der Waals surface area contributed by atoms with Gasteiger partial charge in [-0.15, -0.1) is 0 Å². The summed E-state index contributed by atoms with van der Waals surface area (Å²) in [6, 6.07) is 21.9. The third kappa shape index (κ3) is 4.35. The minimum absolute atomic E-state index is 0.0508. The van der Waals surface area contributed by atoms with E-state index >= 15 is 0 Å². The predicted octanol–water partition coefficient (Wildman–Crippen LogP) is 4.30. The fourth-order valence-electron chi connectivity index (χ4n) is 3.15. The number of urea groups is 1. The average molecular weight is 402 g/mol. The van der Waals surface area contributed by atoms with Gasteiger partial charge in [-0.1, -0.05) is 54.6 Å². The molecule has 0 unspecified atom stereocenters. The van der Waals surface area contributed by atoms with Crippen LogP contribution in [0.2, 0.25) is 0 Å². The second-order valence-electron chi connectivity index (χ2n) is 6.78. The normalized spacial score (nSPS) is 10.7. The first kappa shape index (κ1) is 19.3. The van der Waals surface area contributed by atoms with Crippen LogP contribution in [-0.2, 0) is 13.1 Å². The van der Waals surface area contributed by atoms with Crippen LogP contribution in [0.15, 0.2) is 83.7 Å². The second kappa shape index (κ2) is 8.57. The molecule has 150 valence electrons. The summed E-state index contributed by atoms with van der Waals surface area (Å²) in [5, 5.41) is 3.07. The molecule has 4 aromatic rings. The van der Waals surface area contributed by atoms with E-state index in [2.05, 4.69) is 15.3 Å². The van der Waals surface area contributed by atoms with Crippen molar-refractivity contribution >= 4 is 22.6 Å². The van der Waals surface area contributed by atoms with Crippen LogP contribution in [0.3, 0.4) is 0 Å². The molecule has 0 spiro atoms. The third-order valence-corrected chi connectivity index (χ3v) is 4.62. The van der Waals surface area contributed by atoms with Crippen molar-refractivity contribution in [2.24, 2.45) is 0 Å². The zero-order valence-corrected chi connectivity index (χ0v) is 16.0. The molecule has 2 N–H and O–H groups in total. The summed E-state index contributed by atoms with van der Waals surface area (Å²) in [7, 11) is 0. The molecule has 0 saturated carbocycles. The molecule has 0 fully saturated rings. The summed E-state index contributed by atoms with van der Waals surface area (Å²) in [4.78, 5) is 34.0. The van der Waals surface area contributed by atoms with E-state index in [4.69, 9.17) is 0 Å². The van der Waals surface area contributed by atoms with Crippen molar-refractivity contribution in [1.82, 2.24) is 14.9 Å². The molecule has 1 aromatic heterocycles. The molecule has 0 bridgehead atoms. The number of rotatable bonds is 5. The SMILES string of the molecule is O=C(Nc1ccccc1F)N(Cc1ccccc1)Cc1nc2ccccc2c(=O)[nH]1. The molecular weight excluding hydrogens is 383 g/mol. The number of carbonyl (C=O) groups excluding carboxylic acids is 1. The summed E-state index contributed by atoms with van der Waals surface area (Å²) < 4.78 is 14.0. The van der Waals surface area contributed by atoms with Crippen molar-refractivity contribution in [3.8, 4) is 0 Å². The van der Waals surface area contributed by atoms with Crippen LogP contribution in [0.5, 0.6) is 0 Å². The number of nitrogens with zero attached hydrogens (tertiary/aromatic N) is 2. The van der Waals surface area contributed by atoms with Gasteiger partial charge in [0.25, 0.3) is 5.56 Å². The molecule has 3 aromatic carbocycles. The molecule has 0 aliphatic heterocycles. The molecule has 6 nitrogen and oxygen atoms in total. The van der Waals surface area contributed by atoms with Crippen molar-refractivity contribution in [2.75, 3.05) is 5.32 Å². The summed E-state index contributed by atoms with van der Waals surface area (Å²) >= 11 is 0. The zero-order chi connectivity index (χ0) is 20.9. The number of nitrogens with one attached hydrogen (secondary N) is 2. The Balaban J connectivity index is 1.64. The predicted molar refractivity (Wildman–Crippen MR) is 113 cm³/mol. The molecule has 2 amide bonds. The first-order valence-electron chi connectivity index (χ1n) is 9.42. The van der Waals surface area contributed by atoms with Crippen LogP contribution in [-0.4, -0.2) is 20.9 Å². The first-order chi connectivity index (χ1) is 14.6. The number of fused-ring (bicyclic) bond motifs is 1. The van der Waals surface area contributed by atoms with Crippen LogP contribution in [0.25, 0.3) is 10.9 Å². The minimum Gasteiger partial charge on any atom is -0.313 e. The molecule has 0 atom stereocenters. The number of para-hydroxylation sites is 2. The van der Waals surface area contributed by atoms with E-state index in [1.807, 2.05) is 30.3 Å². The number of halogens is 1. The van der Waals surface area contributed by atoms with Crippen LogP contribution in [0.4, 0.5) is 14.9 Å². The van der Waals surface area contributed by atoms with E-state index in [1.54, 1.807) is 36.4 Å². The van der Waals surface area contributed by atoms with Gasteiger partial charge in [-0.3, -0.25) is 4.79 Å². The standard InChI is InChI=1S/C23H19FN4O2/c24-18-11-5-7-13-20(18)26-23(30)28(14-16-8-2-1-3-9-16)15-21-25-19-12-6-4-10-17(19)22(29)27-21/h1-13H,14-15H2,(H,26,30)(H,25,27,29). The zero-order valence-electron chi connectivity index (χ0n) is 16.0. The van der Waals surface area contributed by atoms with Gasteiger partial charge in [0, 0.05) is 6.54 Å². The Bertz CT molecular complexity index is 1240. The van der Waals surface area contributed by atoms with Gasteiger partial charge in [-0.05, 0) is 29.8 Å². The van der Waals surface area contributed by atoms with Crippen molar-refractivity contribution in [2.45, 2.75) is 13.1 Å². The monoisotopic (exact) mass is 402 g/mol. The highest BCUT2D eigenvalue weighted by molar-refractivity contribution is 5.89. The maximum Gasteiger partial charge on any atom is 0.322 e. The number of hydrogen-bond acceptors (Lipinski definition) is 3. The number of H-pyrrole nitrogens is 1. The maximum atomic E-state index is 14.0. The number of amides is 2. The third-order valence-electron chi connectivity index (χ3n) is 4.62. The Labute approximate surface area is 172 Å². The minimum atomic E-state index is -0.525. The van der Waals surface area contributed by atoms with Gasteiger partial charge < -0.3 is 15.2 Å². The highest BCUT2D eigenvalue weighted by Crippen LogP contribution is 2.16. The first-order valence-corrected chi connectivity index (χ1v) is 9.42. The van der Waals surface area contributed by atoms with Crippen molar-refractivity contribution in [3.05, 3.63) is 106 Å². The lowest BCUT2D eigenvalue weighted by Crippen LogP contribution is -2.35. The Morgan fingerprint density at radius 3 is 2.43 bits per heavy atom. The van der Waals surface area contributed by atoms with Gasteiger partial charge in [0.2, 0.25) is 0 Å². The summed E-state index contributed by atoms with van der Waals surface area (Å²) in [6.07, 6.45) is 0. The Hall–Kier alpha value is -4.00. The van der Waals surface area contributed by atoms with Gasteiger partial charge in [-0.2, -0.15) is 0 Å². The molecule has 0 radical (unpaired) electrons. The molecule has 1 heterocycles. The Morgan fingerprint density at radius 1 is 0.933 bits per heavy atom. The smallest absolute Gasteiger partial charge is 0.313 e. The van der Waals surface area contributed by atoms with Gasteiger partial charge in [-0.25, -0.2) is 14.2 Å². The van der Waals surface area contributed by atoms with E-state index in [0.29, 0.717) is 16.7 Å². The van der Waals surface area contributed by atoms with E-state index < -0.39 is 11.8 Å². The molecule has 0 saturated heterocycles. The molecular formula is C23H19FN4O2. The van der Waals surface area contributed by atoms with E-state index in [1.165, 1.54) is 17.0 Å². The fraction of sp³-hybridized carbons (Fsp3) is 0.0870. The molecule has 0 aliphatic carbocycles. The summed E-state index contributed by atoms with van der Waals surface area (Å²) in [6.45, 7) is 0.312. The average Bonchev–Trinajstić information content (AvgIpc) is 2.76. The van der Waals surface area contributed by atoms with Gasteiger partial charge >= 0.3 is 6.03 Å². The number of benzene rings is 3. The van der Waals surface area contributed by atoms with Gasteiger partial charge in [0.05, 0.1) is 23.1 Å².